The van der Waals surface area contributed by atoms with Crippen molar-refractivity contribution < 1.29 is 4.79 Å². The molecule has 0 saturated heterocycles. The molecular formula is C14H19Cl2NO. The zero-order valence-electron chi connectivity index (χ0n) is 10.4. The molecule has 0 amide bonds. The van der Waals surface area contributed by atoms with Gasteiger partial charge in [0.15, 0.2) is 0 Å². The van der Waals surface area contributed by atoms with Crippen LogP contribution >= 0.6 is 23.2 Å². The molecule has 0 spiro atoms. The summed E-state index contributed by atoms with van der Waals surface area (Å²) in [5.74, 6) is 0.251. The minimum Gasteiger partial charge on any atom is -0.330 e. The monoisotopic (exact) mass is 287 g/mol. The Morgan fingerprint density at radius 3 is 2.44 bits per heavy atom. The van der Waals surface area contributed by atoms with Gasteiger partial charge in [-0.3, -0.25) is 4.79 Å². The molecule has 0 aliphatic heterocycles. The first-order valence-electron chi connectivity index (χ1n) is 6.29. The second-order valence-electron chi connectivity index (χ2n) is 4.42. The smallest absolute Gasteiger partial charge is 0.137 e. The van der Waals surface area contributed by atoms with E-state index in [0.29, 0.717) is 22.9 Å². The van der Waals surface area contributed by atoms with E-state index in [9.17, 15) is 4.79 Å². The summed E-state index contributed by atoms with van der Waals surface area (Å²) in [6.07, 6.45) is 5.24. The van der Waals surface area contributed by atoms with E-state index < -0.39 is 0 Å². The number of benzene rings is 1. The lowest BCUT2D eigenvalue weighted by Crippen LogP contribution is -2.03. The van der Waals surface area contributed by atoms with Crippen molar-refractivity contribution in [3.8, 4) is 0 Å². The first-order valence-corrected chi connectivity index (χ1v) is 7.04. The van der Waals surface area contributed by atoms with E-state index in [1.54, 1.807) is 12.1 Å². The van der Waals surface area contributed by atoms with Gasteiger partial charge in [0.05, 0.1) is 10.0 Å². The van der Waals surface area contributed by atoms with Gasteiger partial charge < -0.3 is 5.73 Å². The summed E-state index contributed by atoms with van der Waals surface area (Å²) in [5.41, 5.74) is 6.34. The van der Waals surface area contributed by atoms with Crippen LogP contribution < -0.4 is 5.73 Å². The molecule has 2 N–H and O–H groups in total. The molecule has 0 aliphatic carbocycles. The van der Waals surface area contributed by atoms with Gasteiger partial charge in [-0.1, -0.05) is 42.1 Å². The van der Waals surface area contributed by atoms with Gasteiger partial charge in [0.1, 0.15) is 5.78 Å². The summed E-state index contributed by atoms with van der Waals surface area (Å²) in [6, 6.07) is 5.34. The van der Waals surface area contributed by atoms with Crippen molar-refractivity contribution in [1.29, 1.82) is 0 Å². The molecular weight excluding hydrogens is 269 g/mol. The Labute approximate surface area is 118 Å². The predicted molar refractivity (Wildman–Crippen MR) is 77.3 cm³/mol. The second kappa shape index (κ2) is 8.52. The maximum absolute atomic E-state index is 11.7. The van der Waals surface area contributed by atoms with Crippen LogP contribution in [0.15, 0.2) is 18.2 Å². The van der Waals surface area contributed by atoms with Crippen LogP contribution in [-0.2, 0) is 11.2 Å². The highest BCUT2D eigenvalue weighted by atomic mass is 35.5. The number of carbonyl (C=O) groups is 1. The van der Waals surface area contributed by atoms with Crippen LogP contribution in [0.3, 0.4) is 0 Å². The molecule has 1 aromatic carbocycles. The molecule has 0 heterocycles. The van der Waals surface area contributed by atoms with Crippen LogP contribution in [-0.4, -0.2) is 12.3 Å². The fourth-order valence-electron chi connectivity index (χ4n) is 1.79. The maximum atomic E-state index is 11.7. The summed E-state index contributed by atoms with van der Waals surface area (Å²) in [7, 11) is 0. The first-order chi connectivity index (χ1) is 8.63. The van der Waals surface area contributed by atoms with E-state index >= 15 is 0 Å². The molecule has 0 atom stereocenters. The van der Waals surface area contributed by atoms with E-state index in [1.807, 2.05) is 6.07 Å². The number of hydrogen-bond acceptors (Lipinski definition) is 2. The van der Waals surface area contributed by atoms with Gasteiger partial charge in [-0.05, 0) is 37.1 Å². The third kappa shape index (κ3) is 5.85. The number of ketones is 1. The number of hydrogen-bond donors (Lipinski definition) is 1. The van der Waals surface area contributed by atoms with E-state index in [4.69, 9.17) is 28.9 Å². The standard InChI is InChI=1S/C14H19Cl2NO/c15-13-7-6-11(10-14(13)16)9-12(18)5-3-1-2-4-8-17/h6-7,10H,1-5,8-9,17H2. The first kappa shape index (κ1) is 15.5. The van der Waals surface area contributed by atoms with E-state index in [2.05, 4.69) is 0 Å². The lowest BCUT2D eigenvalue weighted by Gasteiger charge is -2.03. The quantitative estimate of drug-likeness (QED) is 0.734. The minimum atomic E-state index is 0.251. The van der Waals surface area contributed by atoms with E-state index in [-0.39, 0.29) is 5.78 Å². The van der Waals surface area contributed by atoms with Crippen molar-refractivity contribution in [2.75, 3.05) is 6.54 Å². The molecule has 4 heteroatoms. The van der Waals surface area contributed by atoms with Gasteiger partial charge in [0.2, 0.25) is 0 Å². The van der Waals surface area contributed by atoms with Gasteiger partial charge >= 0.3 is 0 Å². The van der Waals surface area contributed by atoms with E-state index in [1.165, 1.54) is 0 Å². The average molecular weight is 288 g/mol. The summed E-state index contributed by atoms with van der Waals surface area (Å²) < 4.78 is 0. The fourth-order valence-corrected chi connectivity index (χ4v) is 2.11. The van der Waals surface area contributed by atoms with Crippen LogP contribution in [0.2, 0.25) is 10.0 Å². The third-order valence-electron chi connectivity index (χ3n) is 2.80. The molecule has 0 bridgehead atoms. The van der Waals surface area contributed by atoms with Gasteiger partial charge in [0.25, 0.3) is 0 Å². The van der Waals surface area contributed by atoms with Crippen LogP contribution in [0.4, 0.5) is 0 Å². The Morgan fingerprint density at radius 1 is 1.06 bits per heavy atom. The lowest BCUT2D eigenvalue weighted by molar-refractivity contribution is -0.118. The molecule has 0 aromatic heterocycles. The van der Waals surface area contributed by atoms with Crippen molar-refractivity contribution >= 4 is 29.0 Å². The van der Waals surface area contributed by atoms with Crippen LogP contribution in [0.25, 0.3) is 0 Å². The number of rotatable bonds is 8. The summed E-state index contributed by atoms with van der Waals surface area (Å²) >= 11 is 11.7. The van der Waals surface area contributed by atoms with Gasteiger partial charge in [0, 0.05) is 12.8 Å². The molecule has 100 valence electrons. The molecule has 0 aliphatic rings. The van der Waals surface area contributed by atoms with Gasteiger partial charge in [-0.25, -0.2) is 0 Å². The van der Waals surface area contributed by atoms with Crippen molar-refractivity contribution in [3.05, 3.63) is 33.8 Å². The minimum absolute atomic E-state index is 0.251. The largest absolute Gasteiger partial charge is 0.330 e. The van der Waals surface area contributed by atoms with Crippen LogP contribution in [0, 0.1) is 0 Å². The second-order valence-corrected chi connectivity index (χ2v) is 5.23. The topological polar surface area (TPSA) is 43.1 Å². The number of unbranched alkanes of at least 4 members (excludes halogenated alkanes) is 3. The summed E-state index contributed by atoms with van der Waals surface area (Å²) in [5, 5.41) is 1.03. The number of Topliss-reactive ketones (excluding diaryl/α,β-unsaturated/α-hetero) is 1. The lowest BCUT2D eigenvalue weighted by atomic mass is 10.0. The molecule has 1 aromatic rings. The maximum Gasteiger partial charge on any atom is 0.137 e. The van der Waals surface area contributed by atoms with E-state index in [0.717, 1.165) is 37.8 Å². The zero-order valence-corrected chi connectivity index (χ0v) is 11.9. The Kier molecular flexibility index (Phi) is 7.33. The normalized spacial score (nSPS) is 10.6. The SMILES string of the molecule is NCCCCCCC(=O)Cc1ccc(Cl)c(Cl)c1. The Morgan fingerprint density at radius 2 is 1.78 bits per heavy atom. The fraction of sp³-hybridized carbons (Fsp3) is 0.500. The molecule has 0 radical (unpaired) electrons. The predicted octanol–water partition coefficient (Wildman–Crippen LogP) is 4.01. The van der Waals surface area contributed by atoms with Crippen molar-refractivity contribution in [1.82, 2.24) is 0 Å². The number of carbonyl (C=O) groups excluding carboxylic acids is 1. The highest BCUT2D eigenvalue weighted by Gasteiger charge is 2.05. The highest BCUT2D eigenvalue weighted by molar-refractivity contribution is 6.42. The zero-order chi connectivity index (χ0) is 13.4. The van der Waals surface area contributed by atoms with Crippen LogP contribution in [0.1, 0.15) is 37.7 Å². The molecule has 0 fully saturated rings. The highest BCUT2D eigenvalue weighted by Crippen LogP contribution is 2.23. The molecule has 0 saturated carbocycles. The Hall–Kier alpha value is -0.570. The van der Waals surface area contributed by atoms with Crippen molar-refractivity contribution in [2.24, 2.45) is 5.73 Å². The van der Waals surface area contributed by atoms with Gasteiger partial charge in [-0.2, -0.15) is 0 Å². The van der Waals surface area contributed by atoms with Gasteiger partial charge in [-0.15, -0.1) is 0 Å². The average Bonchev–Trinajstić information content (AvgIpc) is 2.34. The van der Waals surface area contributed by atoms with Crippen molar-refractivity contribution in [2.45, 2.75) is 38.5 Å². The molecule has 1 rings (SSSR count). The Balaban J connectivity index is 2.29. The molecule has 2 nitrogen and oxygen atoms in total. The van der Waals surface area contributed by atoms with Crippen LogP contribution in [0.5, 0.6) is 0 Å². The summed E-state index contributed by atoms with van der Waals surface area (Å²) in [4.78, 5) is 11.7. The Bertz CT molecular complexity index is 393. The summed E-state index contributed by atoms with van der Waals surface area (Å²) in [6.45, 7) is 0.733. The van der Waals surface area contributed by atoms with Crippen molar-refractivity contribution in [3.63, 3.8) is 0 Å². The third-order valence-corrected chi connectivity index (χ3v) is 3.53. The number of nitrogens with two attached hydrogens (primary N) is 1. The molecule has 18 heavy (non-hydrogen) atoms. The number of halogens is 2. The molecule has 0 unspecified atom stereocenters.